The lowest BCUT2D eigenvalue weighted by Gasteiger charge is -2.27. The van der Waals surface area contributed by atoms with Gasteiger partial charge in [0.05, 0.1) is 0 Å². The molecule has 1 saturated carbocycles. The van der Waals surface area contributed by atoms with Gasteiger partial charge < -0.3 is 15.8 Å². The Morgan fingerprint density at radius 2 is 1.89 bits per heavy atom. The summed E-state index contributed by atoms with van der Waals surface area (Å²) in [6, 6.07) is 0.332. The first-order valence-electron chi connectivity index (χ1n) is 6.55. The van der Waals surface area contributed by atoms with Gasteiger partial charge in [-0.15, -0.1) is 0 Å². The summed E-state index contributed by atoms with van der Waals surface area (Å²) in [7, 11) is 0. The van der Waals surface area contributed by atoms with Crippen molar-refractivity contribution in [2.45, 2.75) is 44.3 Å². The Balaban J connectivity index is 1.98. The van der Waals surface area contributed by atoms with E-state index in [1.807, 2.05) is 0 Å². The van der Waals surface area contributed by atoms with E-state index in [1.54, 1.807) is 0 Å². The third-order valence-electron chi connectivity index (χ3n) is 3.29. The SMILES string of the molecule is NC(=O)C1CCC(NCCCOCC(F)(F)F)CC1. The van der Waals surface area contributed by atoms with E-state index in [4.69, 9.17) is 5.73 Å². The Kier molecular flexibility index (Phi) is 6.57. The van der Waals surface area contributed by atoms with Crippen molar-refractivity contribution in [2.75, 3.05) is 19.8 Å². The molecule has 0 bridgehead atoms. The molecule has 0 spiro atoms. The molecular weight excluding hydrogens is 261 g/mol. The number of halogens is 3. The van der Waals surface area contributed by atoms with Gasteiger partial charge in [-0.05, 0) is 38.6 Å². The van der Waals surface area contributed by atoms with E-state index in [9.17, 15) is 18.0 Å². The van der Waals surface area contributed by atoms with Gasteiger partial charge in [-0.3, -0.25) is 4.79 Å². The molecule has 0 aromatic rings. The summed E-state index contributed by atoms with van der Waals surface area (Å²) in [5.41, 5.74) is 5.23. The van der Waals surface area contributed by atoms with Crippen LogP contribution in [0.4, 0.5) is 13.2 Å². The molecule has 3 N–H and O–H groups in total. The van der Waals surface area contributed by atoms with Gasteiger partial charge in [-0.2, -0.15) is 13.2 Å². The second-order valence-corrected chi connectivity index (χ2v) is 4.93. The first kappa shape index (κ1) is 16.2. The summed E-state index contributed by atoms with van der Waals surface area (Å²) in [4.78, 5) is 11.0. The highest BCUT2D eigenvalue weighted by molar-refractivity contribution is 5.76. The summed E-state index contributed by atoms with van der Waals surface area (Å²) in [5, 5.41) is 3.27. The lowest BCUT2D eigenvalue weighted by molar-refractivity contribution is -0.174. The van der Waals surface area contributed by atoms with Gasteiger partial charge in [-0.25, -0.2) is 0 Å². The standard InChI is InChI=1S/C12H21F3N2O2/c13-12(14,15)8-19-7-1-6-17-10-4-2-9(3-5-10)11(16)18/h9-10,17H,1-8H2,(H2,16,18). The van der Waals surface area contributed by atoms with Gasteiger partial charge in [0.15, 0.2) is 0 Å². The molecule has 4 nitrogen and oxygen atoms in total. The Morgan fingerprint density at radius 1 is 1.26 bits per heavy atom. The van der Waals surface area contributed by atoms with Crippen molar-refractivity contribution in [3.63, 3.8) is 0 Å². The molecule has 1 fully saturated rings. The quantitative estimate of drug-likeness (QED) is 0.697. The van der Waals surface area contributed by atoms with E-state index in [0.717, 1.165) is 25.7 Å². The average molecular weight is 282 g/mol. The summed E-state index contributed by atoms with van der Waals surface area (Å²) >= 11 is 0. The van der Waals surface area contributed by atoms with E-state index in [-0.39, 0.29) is 18.4 Å². The normalized spacial score (nSPS) is 24.4. The van der Waals surface area contributed by atoms with Crippen LogP contribution in [0, 0.1) is 5.92 Å². The third kappa shape index (κ3) is 7.37. The zero-order valence-electron chi connectivity index (χ0n) is 10.8. The summed E-state index contributed by atoms with van der Waals surface area (Å²) in [6.07, 6.45) is -0.352. The zero-order chi connectivity index (χ0) is 14.3. The second kappa shape index (κ2) is 7.69. The highest BCUT2D eigenvalue weighted by atomic mass is 19.4. The van der Waals surface area contributed by atoms with Crippen molar-refractivity contribution in [3.8, 4) is 0 Å². The van der Waals surface area contributed by atoms with Crippen LogP contribution in [0.2, 0.25) is 0 Å². The molecular formula is C12H21F3N2O2. The fourth-order valence-corrected chi connectivity index (χ4v) is 2.25. The van der Waals surface area contributed by atoms with E-state index in [2.05, 4.69) is 10.1 Å². The number of hydrogen-bond donors (Lipinski definition) is 2. The number of rotatable bonds is 7. The van der Waals surface area contributed by atoms with Crippen LogP contribution in [0.25, 0.3) is 0 Å². The molecule has 0 heterocycles. The largest absolute Gasteiger partial charge is 0.411 e. The summed E-state index contributed by atoms with van der Waals surface area (Å²) in [5.74, 6) is -0.257. The highest BCUT2D eigenvalue weighted by Gasteiger charge is 2.27. The lowest BCUT2D eigenvalue weighted by atomic mass is 9.85. The number of carbonyl (C=O) groups is 1. The minimum atomic E-state index is -4.25. The maximum atomic E-state index is 11.8. The molecule has 0 aliphatic heterocycles. The van der Waals surface area contributed by atoms with Crippen LogP contribution in [0.5, 0.6) is 0 Å². The van der Waals surface area contributed by atoms with Crippen molar-refractivity contribution in [2.24, 2.45) is 11.7 Å². The molecule has 112 valence electrons. The van der Waals surface area contributed by atoms with Gasteiger partial charge in [0.2, 0.25) is 5.91 Å². The van der Waals surface area contributed by atoms with Gasteiger partial charge in [0.25, 0.3) is 0 Å². The number of hydrogen-bond acceptors (Lipinski definition) is 3. The van der Waals surface area contributed by atoms with Crippen LogP contribution in [-0.2, 0) is 9.53 Å². The molecule has 1 aliphatic rings. The molecule has 0 unspecified atom stereocenters. The maximum Gasteiger partial charge on any atom is 0.411 e. The lowest BCUT2D eigenvalue weighted by Crippen LogP contribution is -2.37. The highest BCUT2D eigenvalue weighted by Crippen LogP contribution is 2.23. The number of nitrogens with one attached hydrogen (secondary N) is 1. The van der Waals surface area contributed by atoms with E-state index >= 15 is 0 Å². The van der Waals surface area contributed by atoms with Crippen LogP contribution in [0.15, 0.2) is 0 Å². The summed E-state index contributed by atoms with van der Waals surface area (Å²) < 4.78 is 39.8. The molecule has 0 atom stereocenters. The number of primary amides is 1. The monoisotopic (exact) mass is 282 g/mol. The fourth-order valence-electron chi connectivity index (χ4n) is 2.25. The van der Waals surface area contributed by atoms with Gasteiger partial charge in [0, 0.05) is 18.6 Å². The third-order valence-corrected chi connectivity index (χ3v) is 3.29. The van der Waals surface area contributed by atoms with E-state index in [0.29, 0.717) is 19.0 Å². The first-order valence-corrected chi connectivity index (χ1v) is 6.55. The fraction of sp³-hybridized carbons (Fsp3) is 0.917. The van der Waals surface area contributed by atoms with Gasteiger partial charge in [0.1, 0.15) is 6.61 Å². The smallest absolute Gasteiger partial charge is 0.372 e. The molecule has 0 radical (unpaired) electrons. The second-order valence-electron chi connectivity index (χ2n) is 4.93. The minimum Gasteiger partial charge on any atom is -0.372 e. The number of nitrogens with two attached hydrogens (primary N) is 1. The Morgan fingerprint density at radius 3 is 2.42 bits per heavy atom. The first-order chi connectivity index (χ1) is 8.88. The maximum absolute atomic E-state index is 11.8. The van der Waals surface area contributed by atoms with Gasteiger partial charge >= 0.3 is 6.18 Å². The molecule has 0 aromatic carbocycles. The predicted octanol–water partition coefficient (Wildman–Crippen LogP) is 1.59. The van der Waals surface area contributed by atoms with Crippen molar-refractivity contribution >= 4 is 5.91 Å². The minimum absolute atomic E-state index is 0.0202. The van der Waals surface area contributed by atoms with Crippen molar-refractivity contribution in [1.29, 1.82) is 0 Å². The van der Waals surface area contributed by atoms with E-state index in [1.165, 1.54) is 0 Å². The molecule has 0 aromatic heterocycles. The molecule has 7 heteroatoms. The Bertz CT molecular complexity index is 277. The number of alkyl halides is 3. The number of carbonyl (C=O) groups excluding carboxylic acids is 1. The van der Waals surface area contributed by atoms with Crippen molar-refractivity contribution in [1.82, 2.24) is 5.32 Å². The predicted molar refractivity (Wildman–Crippen MR) is 64.4 cm³/mol. The van der Waals surface area contributed by atoms with Crippen molar-refractivity contribution in [3.05, 3.63) is 0 Å². The average Bonchev–Trinajstić information content (AvgIpc) is 2.33. The van der Waals surface area contributed by atoms with Crippen LogP contribution >= 0.6 is 0 Å². The molecule has 1 rings (SSSR count). The van der Waals surface area contributed by atoms with Crippen LogP contribution in [0.3, 0.4) is 0 Å². The van der Waals surface area contributed by atoms with Crippen LogP contribution in [0.1, 0.15) is 32.1 Å². The van der Waals surface area contributed by atoms with Crippen molar-refractivity contribution < 1.29 is 22.7 Å². The van der Waals surface area contributed by atoms with Crippen LogP contribution < -0.4 is 11.1 Å². The summed E-state index contributed by atoms with van der Waals surface area (Å²) in [6.45, 7) is -0.455. The number of ether oxygens (including phenoxy) is 1. The zero-order valence-corrected chi connectivity index (χ0v) is 10.8. The Labute approximate surface area is 110 Å². The molecule has 1 aliphatic carbocycles. The number of amides is 1. The Hall–Kier alpha value is -0.820. The van der Waals surface area contributed by atoms with E-state index < -0.39 is 12.8 Å². The molecule has 1 amide bonds. The van der Waals surface area contributed by atoms with Gasteiger partial charge in [-0.1, -0.05) is 0 Å². The topological polar surface area (TPSA) is 64.4 Å². The van der Waals surface area contributed by atoms with Crippen LogP contribution in [-0.4, -0.2) is 37.9 Å². The molecule has 0 saturated heterocycles. The molecule has 19 heavy (non-hydrogen) atoms.